The van der Waals surface area contributed by atoms with Crippen LogP contribution in [0.1, 0.15) is 46.0 Å². The molecule has 1 N–H and O–H groups in total. The maximum Gasteiger partial charge on any atom is 0.109 e. The summed E-state index contributed by atoms with van der Waals surface area (Å²) in [6.45, 7) is 5.57. The van der Waals surface area contributed by atoms with Gasteiger partial charge in [0.05, 0.1) is 6.07 Å². The van der Waals surface area contributed by atoms with E-state index in [2.05, 4.69) is 25.2 Å². The van der Waals surface area contributed by atoms with Crippen molar-refractivity contribution in [2.75, 3.05) is 6.54 Å². The molecule has 0 amide bonds. The molecule has 0 radical (unpaired) electrons. The van der Waals surface area contributed by atoms with Gasteiger partial charge in [-0.15, -0.1) is 0 Å². The highest BCUT2D eigenvalue weighted by Crippen LogP contribution is 2.37. The Hall–Kier alpha value is -0.550. The van der Waals surface area contributed by atoms with Crippen molar-refractivity contribution in [2.45, 2.75) is 51.5 Å². The van der Waals surface area contributed by atoms with Crippen LogP contribution in [-0.4, -0.2) is 12.1 Å². The van der Waals surface area contributed by atoms with Crippen molar-refractivity contribution in [3.8, 4) is 6.07 Å². The van der Waals surface area contributed by atoms with Crippen LogP contribution in [0, 0.1) is 29.1 Å². The molecule has 0 bridgehead atoms. The van der Waals surface area contributed by atoms with E-state index in [1.807, 2.05) is 0 Å². The van der Waals surface area contributed by atoms with E-state index in [0.717, 1.165) is 18.9 Å². The van der Waals surface area contributed by atoms with Crippen LogP contribution < -0.4 is 5.32 Å². The van der Waals surface area contributed by atoms with Gasteiger partial charge < -0.3 is 0 Å². The number of nitrogens with one attached hydrogen (secondary N) is 1. The third kappa shape index (κ3) is 2.34. The van der Waals surface area contributed by atoms with Crippen LogP contribution >= 0.6 is 0 Å². The van der Waals surface area contributed by atoms with Crippen molar-refractivity contribution >= 4 is 0 Å². The first kappa shape index (κ1) is 11.0. The molecule has 0 aromatic rings. The molecule has 2 aliphatic carbocycles. The Labute approximate surface area is 93.0 Å². The summed E-state index contributed by atoms with van der Waals surface area (Å²) in [6.07, 6.45) is 6.25. The van der Waals surface area contributed by atoms with Crippen molar-refractivity contribution < 1.29 is 0 Å². The molecule has 2 fully saturated rings. The van der Waals surface area contributed by atoms with E-state index >= 15 is 0 Å². The minimum Gasteiger partial charge on any atom is -0.299 e. The molecule has 0 spiro atoms. The Kier molecular flexibility index (Phi) is 3.02. The van der Waals surface area contributed by atoms with Gasteiger partial charge in [-0.1, -0.05) is 20.3 Å². The first-order valence-corrected chi connectivity index (χ1v) is 6.32. The first-order chi connectivity index (χ1) is 7.16. The molecule has 0 aromatic heterocycles. The number of hydrogen-bond donors (Lipinski definition) is 1. The standard InChI is InChI=1S/C13H22N2/c1-10-3-4-11(2)13(7-10,9-14)15-8-12-5-6-12/h10-12,15H,3-8H2,1-2H3. The molecule has 0 heterocycles. The van der Waals surface area contributed by atoms with E-state index < -0.39 is 0 Å². The lowest BCUT2D eigenvalue weighted by atomic mass is 9.70. The van der Waals surface area contributed by atoms with Crippen LogP contribution in [-0.2, 0) is 0 Å². The molecule has 3 atom stereocenters. The first-order valence-electron chi connectivity index (χ1n) is 6.32. The van der Waals surface area contributed by atoms with Gasteiger partial charge in [-0.3, -0.25) is 5.32 Å². The molecule has 2 aliphatic rings. The SMILES string of the molecule is CC1CCC(C)C(C#N)(NCC2CC2)C1. The summed E-state index contributed by atoms with van der Waals surface area (Å²) in [7, 11) is 0. The van der Waals surface area contributed by atoms with Gasteiger partial charge in [-0.05, 0) is 50.0 Å². The second-order valence-electron chi connectivity index (χ2n) is 5.70. The van der Waals surface area contributed by atoms with Gasteiger partial charge in [0, 0.05) is 0 Å². The van der Waals surface area contributed by atoms with Crippen molar-refractivity contribution in [2.24, 2.45) is 17.8 Å². The lowest BCUT2D eigenvalue weighted by Crippen LogP contribution is -2.53. The van der Waals surface area contributed by atoms with E-state index in [-0.39, 0.29) is 5.54 Å². The van der Waals surface area contributed by atoms with E-state index in [0.29, 0.717) is 11.8 Å². The fourth-order valence-electron chi connectivity index (χ4n) is 2.72. The Bertz CT molecular complexity index is 264. The molecule has 0 aliphatic heterocycles. The smallest absolute Gasteiger partial charge is 0.109 e. The molecule has 84 valence electrons. The Morgan fingerprint density at radius 1 is 1.27 bits per heavy atom. The van der Waals surface area contributed by atoms with Gasteiger partial charge in [-0.25, -0.2) is 0 Å². The molecule has 0 aromatic carbocycles. The van der Waals surface area contributed by atoms with E-state index in [4.69, 9.17) is 0 Å². The van der Waals surface area contributed by atoms with Crippen molar-refractivity contribution in [1.29, 1.82) is 5.26 Å². The van der Waals surface area contributed by atoms with Crippen molar-refractivity contribution in [3.63, 3.8) is 0 Å². The molecule has 15 heavy (non-hydrogen) atoms. The number of hydrogen-bond acceptors (Lipinski definition) is 2. The predicted octanol–water partition coefficient (Wildman–Crippen LogP) is 2.70. The fourth-order valence-corrected chi connectivity index (χ4v) is 2.72. The molecule has 2 heteroatoms. The van der Waals surface area contributed by atoms with Crippen LogP contribution in [0.3, 0.4) is 0 Å². The largest absolute Gasteiger partial charge is 0.299 e. The lowest BCUT2D eigenvalue weighted by Gasteiger charge is -2.40. The highest BCUT2D eigenvalue weighted by atomic mass is 15.0. The van der Waals surface area contributed by atoms with E-state index in [9.17, 15) is 5.26 Å². The summed E-state index contributed by atoms with van der Waals surface area (Å²) >= 11 is 0. The highest BCUT2D eigenvalue weighted by Gasteiger charge is 2.41. The predicted molar refractivity (Wildman–Crippen MR) is 61.2 cm³/mol. The average Bonchev–Trinajstić information content (AvgIpc) is 3.03. The van der Waals surface area contributed by atoms with Gasteiger partial charge in [0.2, 0.25) is 0 Å². The molecule has 2 nitrogen and oxygen atoms in total. The summed E-state index contributed by atoms with van der Waals surface area (Å²) in [5.41, 5.74) is -0.222. The second kappa shape index (κ2) is 4.14. The fraction of sp³-hybridized carbons (Fsp3) is 0.923. The molecular weight excluding hydrogens is 184 g/mol. The minimum absolute atomic E-state index is 0.222. The van der Waals surface area contributed by atoms with Crippen LogP contribution in [0.5, 0.6) is 0 Å². The van der Waals surface area contributed by atoms with Gasteiger partial charge in [0.1, 0.15) is 5.54 Å². The summed E-state index contributed by atoms with van der Waals surface area (Å²) in [5, 5.41) is 13.0. The molecular formula is C13H22N2. The van der Waals surface area contributed by atoms with Gasteiger partial charge in [0.25, 0.3) is 0 Å². The third-order valence-corrected chi connectivity index (χ3v) is 4.21. The van der Waals surface area contributed by atoms with E-state index in [1.165, 1.54) is 25.7 Å². The molecule has 0 saturated heterocycles. The number of nitrogens with zero attached hydrogens (tertiary/aromatic N) is 1. The molecule has 2 saturated carbocycles. The molecule has 3 unspecified atom stereocenters. The summed E-state index contributed by atoms with van der Waals surface area (Å²) in [4.78, 5) is 0. The Balaban J connectivity index is 1.99. The van der Waals surface area contributed by atoms with Gasteiger partial charge >= 0.3 is 0 Å². The van der Waals surface area contributed by atoms with E-state index in [1.54, 1.807) is 0 Å². The maximum atomic E-state index is 9.45. The lowest BCUT2D eigenvalue weighted by molar-refractivity contribution is 0.169. The van der Waals surface area contributed by atoms with Crippen LogP contribution in [0.25, 0.3) is 0 Å². The summed E-state index contributed by atoms with van der Waals surface area (Å²) < 4.78 is 0. The zero-order valence-electron chi connectivity index (χ0n) is 9.92. The summed E-state index contributed by atoms with van der Waals surface area (Å²) in [6, 6.07) is 2.57. The van der Waals surface area contributed by atoms with Gasteiger partial charge in [0.15, 0.2) is 0 Å². The minimum atomic E-state index is -0.222. The number of rotatable bonds is 3. The zero-order chi connectivity index (χ0) is 10.9. The average molecular weight is 206 g/mol. The third-order valence-electron chi connectivity index (χ3n) is 4.21. The van der Waals surface area contributed by atoms with Crippen LogP contribution in [0.4, 0.5) is 0 Å². The summed E-state index contributed by atoms with van der Waals surface area (Å²) in [5.74, 6) is 2.07. The highest BCUT2D eigenvalue weighted by molar-refractivity contribution is 5.12. The normalized spacial score (nSPS) is 41.1. The Morgan fingerprint density at radius 2 is 2.00 bits per heavy atom. The number of nitriles is 1. The monoisotopic (exact) mass is 206 g/mol. The van der Waals surface area contributed by atoms with Crippen LogP contribution in [0.2, 0.25) is 0 Å². The Morgan fingerprint density at radius 3 is 2.60 bits per heavy atom. The zero-order valence-corrected chi connectivity index (χ0v) is 9.92. The second-order valence-corrected chi connectivity index (χ2v) is 5.70. The van der Waals surface area contributed by atoms with Crippen molar-refractivity contribution in [3.05, 3.63) is 0 Å². The molecule has 2 rings (SSSR count). The van der Waals surface area contributed by atoms with Gasteiger partial charge in [-0.2, -0.15) is 5.26 Å². The van der Waals surface area contributed by atoms with Crippen molar-refractivity contribution in [1.82, 2.24) is 5.32 Å². The van der Waals surface area contributed by atoms with Crippen LogP contribution in [0.15, 0.2) is 0 Å². The maximum absolute atomic E-state index is 9.45. The topological polar surface area (TPSA) is 35.8 Å². The quantitative estimate of drug-likeness (QED) is 0.770.